The zero-order valence-corrected chi connectivity index (χ0v) is 10.7. The van der Waals surface area contributed by atoms with Gasteiger partial charge in [0.1, 0.15) is 0 Å². The summed E-state index contributed by atoms with van der Waals surface area (Å²) < 4.78 is 0. The molecule has 4 nitrogen and oxygen atoms in total. The monoisotopic (exact) mass is 264 g/mol. The molecule has 0 aliphatic heterocycles. The highest BCUT2D eigenvalue weighted by Gasteiger charge is 2.06. The van der Waals surface area contributed by atoms with Crippen molar-refractivity contribution >= 4 is 29.3 Å². The smallest absolute Gasteiger partial charge is 0.328 e. The maximum Gasteiger partial charge on any atom is 0.328 e. The van der Waals surface area contributed by atoms with Crippen molar-refractivity contribution in [1.82, 2.24) is 0 Å². The van der Waals surface area contributed by atoms with E-state index in [2.05, 4.69) is 6.07 Å². The Morgan fingerprint density at radius 1 is 1.61 bits per heavy atom. The Bertz CT molecular complexity index is 506. The van der Waals surface area contributed by atoms with Crippen molar-refractivity contribution in [2.75, 3.05) is 18.5 Å². The fourth-order valence-electron chi connectivity index (χ4n) is 1.51. The molecule has 0 saturated carbocycles. The Morgan fingerprint density at radius 3 is 2.94 bits per heavy atom. The van der Waals surface area contributed by atoms with Gasteiger partial charge in [-0.3, -0.25) is 0 Å². The van der Waals surface area contributed by atoms with Crippen LogP contribution in [0.2, 0.25) is 5.02 Å². The summed E-state index contributed by atoms with van der Waals surface area (Å²) in [6.45, 7) is 0.575. The summed E-state index contributed by atoms with van der Waals surface area (Å²) in [6, 6.07) is 7.30. The fourth-order valence-corrected chi connectivity index (χ4v) is 1.69. The van der Waals surface area contributed by atoms with Gasteiger partial charge in [0, 0.05) is 30.4 Å². The zero-order valence-electron chi connectivity index (χ0n) is 9.93. The molecule has 0 amide bonds. The number of aliphatic carboxylic acids is 1. The number of hydrogen-bond acceptors (Lipinski definition) is 3. The number of benzene rings is 1. The number of rotatable bonds is 5. The number of halogens is 1. The minimum Gasteiger partial charge on any atom is -0.478 e. The minimum atomic E-state index is -1.01. The van der Waals surface area contributed by atoms with Crippen LogP contribution in [-0.4, -0.2) is 24.7 Å². The van der Waals surface area contributed by atoms with Crippen LogP contribution in [-0.2, 0) is 4.79 Å². The van der Waals surface area contributed by atoms with E-state index in [1.54, 1.807) is 18.2 Å². The van der Waals surface area contributed by atoms with Crippen molar-refractivity contribution in [3.8, 4) is 6.07 Å². The van der Waals surface area contributed by atoms with Gasteiger partial charge in [-0.05, 0) is 29.8 Å². The van der Waals surface area contributed by atoms with E-state index in [9.17, 15) is 4.79 Å². The third-order valence-electron chi connectivity index (χ3n) is 2.37. The van der Waals surface area contributed by atoms with Gasteiger partial charge in [0.05, 0.1) is 12.5 Å². The van der Waals surface area contributed by atoms with Crippen LogP contribution in [0.1, 0.15) is 12.0 Å². The first-order chi connectivity index (χ1) is 8.54. The highest BCUT2D eigenvalue weighted by atomic mass is 35.5. The van der Waals surface area contributed by atoms with Crippen LogP contribution >= 0.6 is 11.6 Å². The van der Waals surface area contributed by atoms with Crippen LogP contribution in [0.5, 0.6) is 0 Å². The van der Waals surface area contributed by atoms with Gasteiger partial charge in [-0.1, -0.05) is 11.6 Å². The van der Waals surface area contributed by atoms with E-state index < -0.39 is 5.97 Å². The molecule has 1 rings (SSSR count). The quantitative estimate of drug-likeness (QED) is 0.831. The topological polar surface area (TPSA) is 64.3 Å². The Hall–Kier alpha value is -1.99. The maximum absolute atomic E-state index is 10.5. The second kappa shape index (κ2) is 6.67. The largest absolute Gasteiger partial charge is 0.478 e. The number of nitrogens with zero attached hydrogens (tertiary/aromatic N) is 2. The molecule has 18 heavy (non-hydrogen) atoms. The predicted molar refractivity (Wildman–Crippen MR) is 71.6 cm³/mol. The second-order valence-corrected chi connectivity index (χ2v) is 4.14. The van der Waals surface area contributed by atoms with E-state index >= 15 is 0 Å². The highest BCUT2D eigenvalue weighted by molar-refractivity contribution is 6.30. The van der Waals surface area contributed by atoms with Crippen molar-refractivity contribution in [2.24, 2.45) is 0 Å². The number of nitriles is 1. The van der Waals surface area contributed by atoms with E-state index in [4.69, 9.17) is 22.0 Å². The molecule has 0 radical (unpaired) electrons. The zero-order chi connectivity index (χ0) is 13.5. The predicted octanol–water partition coefficient (Wildman–Crippen LogP) is 2.79. The lowest BCUT2D eigenvalue weighted by Gasteiger charge is -2.20. The lowest BCUT2D eigenvalue weighted by Crippen LogP contribution is -2.18. The molecular formula is C13H13ClN2O2. The van der Waals surface area contributed by atoms with E-state index in [0.29, 0.717) is 23.6 Å². The summed E-state index contributed by atoms with van der Waals surface area (Å²) >= 11 is 5.89. The van der Waals surface area contributed by atoms with Crippen molar-refractivity contribution in [2.45, 2.75) is 6.42 Å². The molecule has 0 aliphatic carbocycles. The van der Waals surface area contributed by atoms with Crippen molar-refractivity contribution in [3.05, 3.63) is 34.9 Å². The molecule has 0 saturated heterocycles. The minimum absolute atomic E-state index is 0.404. The van der Waals surface area contributed by atoms with Crippen LogP contribution in [0.3, 0.4) is 0 Å². The Labute approximate surface area is 111 Å². The Morgan fingerprint density at radius 2 is 2.33 bits per heavy atom. The molecule has 0 fully saturated rings. The summed E-state index contributed by atoms with van der Waals surface area (Å²) in [6.07, 6.45) is 2.96. The lowest BCUT2D eigenvalue weighted by atomic mass is 10.1. The molecule has 0 aliphatic rings. The lowest BCUT2D eigenvalue weighted by molar-refractivity contribution is -0.131. The molecule has 0 heterocycles. The summed E-state index contributed by atoms with van der Waals surface area (Å²) in [5.41, 5.74) is 1.55. The van der Waals surface area contributed by atoms with Gasteiger partial charge in [-0.15, -0.1) is 0 Å². The molecule has 0 aromatic heterocycles. The fraction of sp³-hybridized carbons (Fsp3) is 0.231. The second-order valence-electron chi connectivity index (χ2n) is 3.70. The number of carbonyl (C=O) groups is 1. The van der Waals surface area contributed by atoms with Gasteiger partial charge in [0.15, 0.2) is 0 Å². The average Bonchev–Trinajstić information content (AvgIpc) is 2.33. The molecule has 5 heteroatoms. The number of carboxylic acids is 1. The number of hydrogen-bond donors (Lipinski definition) is 1. The standard InChI is InChI=1S/C13H13ClN2O2/c1-16(8-2-7-15)12-5-4-11(14)9-10(12)3-6-13(17)18/h3-6,9H,2,8H2,1H3,(H,17,18)/b6-3+. The average molecular weight is 265 g/mol. The van der Waals surface area contributed by atoms with Gasteiger partial charge in [-0.25, -0.2) is 4.79 Å². The molecule has 0 unspecified atom stereocenters. The SMILES string of the molecule is CN(CCC#N)c1ccc(Cl)cc1/C=C/C(=O)O. The van der Waals surface area contributed by atoms with Crippen LogP contribution in [0.15, 0.2) is 24.3 Å². The summed E-state index contributed by atoms with van der Waals surface area (Å²) in [7, 11) is 1.85. The summed E-state index contributed by atoms with van der Waals surface area (Å²) in [4.78, 5) is 12.4. The summed E-state index contributed by atoms with van der Waals surface area (Å²) in [5.74, 6) is -1.01. The third-order valence-corrected chi connectivity index (χ3v) is 2.60. The molecule has 0 spiro atoms. The van der Waals surface area contributed by atoms with Crippen molar-refractivity contribution in [3.63, 3.8) is 0 Å². The first-order valence-corrected chi connectivity index (χ1v) is 5.71. The summed E-state index contributed by atoms with van der Waals surface area (Å²) in [5, 5.41) is 17.7. The van der Waals surface area contributed by atoms with E-state index in [1.165, 1.54) is 6.08 Å². The van der Waals surface area contributed by atoms with Gasteiger partial charge in [-0.2, -0.15) is 5.26 Å². The van der Waals surface area contributed by atoms with E-state index in [-0.39, 0.29) is 0 Å². The normalized spacial score (nSPS) is 10.3. The van der Waals surface area contributed by atoms with Crippen LogP contribution in [0.25, 0.3) is 6.08 Å². The van der Waals surface area contributed by atoms with Gasteiger partial charge < -0.3 is 10.0 Å². The first-order valence-electron chi connectivity index (χ1n) is 5.33. The molecule has 1 aromatic rings. The number of carboxylic acid groups (broad SMARTS) is 1. The van der Waals surface area contributed by atoms with E-state index in [0.717, 1.165) is 11.8 Å². The van der Waals surface area contributed by atoms with Crippen LogP contribution in [0.4, 0.5) is 5.69 Å². The third kappa shape index (κ3) is 4.11. The van der Waals surface area contributed by atoms with Crippen LogP contribution < -0.4 is 4.90 Å². The van der Waals surface area contributed by atoms with Gasteiger partial charge >= 0.3 is 5.97 Å². The maximum atomic E-state index is 10.5. The van der Waals surface area contributed by atoms with Crippen molar-refractivity contribution < 1.29 is 9.90 Å². The molecule has 94 valence electrons. The molecular weight excluding hydrogens is 252 g/mol. The van der Waals surface area contributed by atoms with Crippen LogP contribution in [0, 0.1) is 11.3 Å². The Kier molecular flexibility index (Phi) is 5.22. The Balaban J connectivity index is 3.03. The molecule has 1 aromatic carbocycles. The van der Waals surface area contributed by atoms with Gasteiger partial charge in [0.2, 0.25) is 0 Å². The van der Waals surface area contributed by atoms with Gasteiger partial charge in [0.25, 0.3) is 0 Å². The van der Waals surface area contributed by atoms with E-state index in [1.807, 2.05) is 11.9 Å². The van der Waals surface area contributed by atoms with Crippen molar-refractivity contribution in [1.29, 1.82) is 5.26 Å². The molecule has 0 bridgehead atoms. The molecule has 1 N–H and O–H groups in total. The number of anilines is 1. The molecule has 0 atom stereocenters. The highest BCUT2D eigenvalue weighted by Crippen LogP contribution is 2.25. The first kappa shape index (κ1) is 14.1.